The van der Waals surface area contributed by atoms with Crippen molar-refractivity contribution < 1.29 is 9.13 Å². The van der Waals surface area contributed by atoms with Crippen LogP contribution in [-0.4, -0.2) is 7.11 Å². The highest BCUT2D eigenvalue weighted by atomic mass is 19.1. The second-order valence-corrected chi connectivity index (χ2v) is 5.38. The summed E-state index contributed by atoms with van der Waals surface area (Å²) in [5.74, 6) is 0.330. The summed E-state index contributed by atoms with van der Waals surface area (Å²) in [5.41, 5.74) is 2.98. The number of nitrogens with one attached hydrogen (secondary N) is 1. The van der Waals surface area contributed by atoms with E-state index in [0.717, 1.165) is 0 Å². The monoisotopic (exact) mass is 287 g/mol. The number of methoxy groups -OCH3 is 1. The predicted molar refractivity (Wildman–Crippen MR) is 84.1 cm³/mol. The maximum atomic E-state index is 14.1. The van der Waals surface area contributed by atoms with Crippen LogP contribution in [-0.2, 0) is 0 Å². The van der Waals surface area contributed by atoms with Crippen LogP contribution in [0.1, 0.15) is 42.6 Å². The van der Waals surface area contributed by atoms with Gasteiger partial charge >= 0.3 is 0 Å². The van der Waals surface area contributed by atoms with Crippen molar-refractivity contribution in [3.63, 3.8) is 0 Å². The first-order valence-electron chi connectivity index (χ1n) is 7.18. The molecule has 2 rings (SSSR count). The number of rotatable bonds is 5. The molecule has 2 aromatic rings. The van der Waals surface area contributed by atoms with Crippen LogP contribution in [0.3, 0.4) is 0 Å². The zero-order valence-electron chi connectivity index (χ0n) is 13.0. The van der Waals surface area contributed by atoms with Gasteiger partial charge < -0.3 is 10.1 Å². The molecule has 0 radical (unpaired) electrons. The SMILES string of the molecule is COc1cccc(F)c1C(C)N[C@@H](C)c1ccc(C)cc1. The fourth-order valence-electron chi connectivity index (χ4n) is 2.53. The molecule has 21 heavy (non-hydrogen) atoms. The third-order valence-corrected chi connectivity index (χ3v) is 3.74. The zero-order valence-corrected chi connectivity index (χ0v) is 13.0. The molecule has 0 fully saturated rings. The lowest BCUT2D eigenvalue weighted by atomic mass is 10.0. The Morgan fingerprint density at radius 1 is 1.00 bits per heavy atom. The third kappa shape index (κ3) is 3.61. The average Bonchev–Trinajstić information content (AvgIpc) is 2.47. The van der Waals surface area contributed by atoms with Gasteiger partial charge in [-0.25, -0.2) is 4.39 Å². The van der Waals surface area contributed by atoms with E-state index in [-0.39, 0.29) is 17.9 Å². The second-order valence-electron chi connectivity index (χ2n) is 5.38. The molecule has 112 valence electrons. The van der Waals surface area contributed by atoms with Crippen LogP contribution in [0, 0.1) is 12.7 Å². The van der Waals surface area contributed by atoms with Crippen LogP contribution < -0.4 is 10.1 Å². The lowest BCUT2D eigenvalue weighted by Gasteiger charge is -2.23. The van der Waals surface area contributed by atoms with Crippen molar-refractivity contribution in [3.05, 3.63) is 65.0 Å². The van der Waals surface area contributed by atoms with E-state index in [9.17, 15) is 4.39 Å². The van der Waals surface area contributed by atoms with Gasteiger partial charge in [-0.15, -0.1) is 0 Å². The summed E-state index contributed by atoms with van der Waals surface area (Å²) in [6.07, 6.45) is 0. The van der Waals surface area contributed by atoms with Crippen molar-refractivity contribution in [1.29, 1.82) is 0 Å². The fraction of sp³-hybridized carbons (Fsp3) is 0.333. The molecule has 1 N–H and O–H groups in total. The summed E-state index contributed by atoms with van der Waals surface area (Å²) in [7, 11) is 1.56. The molecule has 0 amide bonds. The summed E-state index contributed by atoms with van der Waals surface area (Å²) in [5, 5.41) is 3.43. The van der Waals surface area contributed by atoms with E-state index < -0.39 is 0 Å². The lowest BCUT2D eigenvalue weighted by molar-refractivity contribution is 0.387. The molecule has 0 heterocycles. The van der Waals surface area contributed by atoms with Crippen molar-refractivity contribution in [1.82, 2.24) is 5.32 Å². The van der Waals surface area contributed by atoms with Crippen molar-refractivity contribution in [2.45, 2.75) is 32.9 Å². The van der Waals surface area contributed by atoms with Gasteiger partial charge in [0.2, 0.25) is 0 Å². The topological polar surface area (TPSA) is 21.3 Å². The molecule has 1 unspecified atom stereocenters. The number of aryl methyl sites for hydroxylation is 1. The first kappa shape index (κ1) is 15.5. The molecular weight excluding hydrogens is 265 g/mol. The van der Waals surface area contributed by atoms with E-state index in [1.165, 1.54) is 17.2 Å². The predicted octanol–water partition coefficient (Wildman–Crippen LogP) is 4.55. The van der Waals surface area contributed by atoms with Crippen molar-refractivity contribution in [2.75, 3.05) is 7.11 Å². The van der Waals surface area contributed by atoms with Gasteiger partial charge in [0.25, 0.3) is 0 Å². The minimum atomic E-state index is -0.245. The largest absolute Gasteiger partial charge is 0.496 e. The molecule has 0 saturated heterocycles. The Kier molecular flexibility index (Phi) is 4.97. The first-order valence-corrected chi connectivity index (χ1v) is 7.18. The number of ether oxygens (including phenoxy) is 1. The Hall–Kier alpha value is -1.87. The normalized spacial score (nSPS) is 13.8. The Morgan fingerprint density at radius 2 is 1.67 bits per heavy atom. The summed E-state index contributed by atoms with van der Waals surface area (Å²) >= 11 is 0. The maximum Gasteiger partial charge on any atom is 0.131 e. The Labute approximate surface area is 126 Å². The first-order chi connectivity index (χ1) is 10.0. The molecular formula is C18H22FNO. The van der Waals surface area contributed by atoms with Crippen molar-refractivity contribution in [3.8, 4) is 5.75 Å². The lowest BCUT2D eigenvalue weighted by Crippen LogP contribution is -2.23. The third-order valence-electron chi connectivity index (χ3n) is 3.74. The van der Waals surface area contributed by atoms with Gasteiger partial charge in [0.05, 0.1) is 7.11 Å². The highest BCUT2D eigenvalue weighted by Crippen LogP contribution is 2.29. The van der Waals surface area contributed by atoms with Gasteiger partial charge in [-0.1, -0.05) is 35.9 Å². The second kappa shape index (κ2) is 6.72. The van der Waals surface area contributed by atoms with Crippen LogP contribution in [0.2, 0.25) is 0 Å². The molecule has 3 heteroatoms. The van der Waals surface area contributed by atoms with Gasteiger partial charge in [-0.05, 0) is 38.5 Å². The molecule has 2 nitrogen and oxygen atoms in total. The molecule has 0 saturated carbocycles. The van der Waals surface area contributed by atoms with Crippen LogP contribution in [0.15, 0.2) is 42.5 Å². The fourth-order valence-corrected chi connectivity index (χ4v) is 2.53. The molecule has 0 spiro atoms. The minimum Gasteiger partial charge on any atom is -0.496 e. The highest BCUT2D eigenvalue weighted by Gasteiger charge is 2.18. The number of hydrogen-bond donors (Lipinski definition) is 1. The molecule has 2 aromatic carbocycles. The number of halogens is 1. The van der Waals surface area contributed by atoms with Gasteiger partial charge in [0.1, 0.15) is 11.6 Å². The van der Waals surface area contributed by atoms with E-state index in [4.69, 9.17) is 4.74 Å². The molecule has 0 aromatic heterocycles. The van der Waals surface area contributed by atoms with Crippen LogP contribution in [0.5, 0.6) is 5.75 Å². The van der Waals surface area contributed by atoms with E-state index in [2.05, 4.69) is 43.4 Å². The molecule has 0 bridgehead atoms. The van der Waals surface area contributed by atoms with E-state index >= 15 is 0 Å². The minimum absolute atomic E-state index is 0.130. The summed E-state index contributed by atoms with van der Waals surface area (Å²) in [4.78, 5) is 0. The molecule has 0 aliphatic heterocycles. The summed E-state index contributed by atoms with van der Waals surface area (Å²) in [6.45, 7) is 6.09. The van der Waals surface area contributed by atoms with Crippen LogP contribution >= 0.6 is 0 Å². The Bertz CT molecular complexity index is 595. The van der Waals surface area contributed by atoms with Crippen molar-refractivity contribution >= 4 is 0 Å². The van der Waals surface area contributed by atoms with Gasteiger partial charge in [-0.3, -0.25) is 0 Å². The standard InChI is InChI=1S/C18H22FNO/c1-12-8-10-15(11-9-12)13(2)20-14(3)18-16(19)6-5-7-17(18)21-4/h5-11,13-14,20H,1-4H3/t13-,14?/m0/s1. The van der Waals surface area contributed by atoms with E-state index in [1.54, 1.807) is 19.2 Å². The smallest absolute Gasteiger partial charge is 0.131 e. The Balaban J connectivity index is 2.18. The average molecular weight is 287 g/mol. The quantitative estimate of drug-likeness (QED) is 0.870. The zero-order chi connectivity index (χ0) is 15.4. The van der Waals surface area contributed by atoms with Gasteiger partial charge in [0.15, 0.2) is 0 Å². The number of benzene rings is 2. The summed E-state index contributed by atoms with van der Waals surface area (Å²) in [6, 6.07) is 13.3. The molecule has 0 aliphatic rings. The number of hydrogen-bond acceptors (Lipinski definition) is 2. The Morgan fingerprint density at radius 3 is 2.29 bits per heavy atom. The van der Waals surface area contributed by atoms with Crippen LogP contribution in [0.4, 0.5) is 4.39 Å². The van der Waals surface area contributed by atoms with E-state index in [1.807, 2.05) is 6.92 Å². The molecule has 2 atom stereocenters. The van der Waals surface area contributed by atoms with Gasteiger partial charge in [0, 0.05) is 17.6 Å². The summed E-state index contributed by atoms with van der Waals surface area (Å²) < 4.78 is 19.3. The molecule has 0 aliphatic carbocycles. The highest BCUT2D eigenvalue weighted by molar-refractivity contribution is 5.37. The van der Waals surface area contributed by atoms with Crippen molar-refractivity contribution in [2.24, 2.45) is 0 Å². The van der Waals surface area contributed by atoms with E-state index in [0.29, 0.717) is 11.3 Å². The maximum absolute atomic E-state index is 14.1. The van der Waals surface area contributed by atoms with Crippen LogP contribution in [0.25, 0.3) is 0 Å². The van der Waals surface area contributed by atoms with Gasteiger partial charge in [-0.2, -0.15) is 0 Å².